The summed E-state index contributed by atoms with van der Waals surface area (Å²) in [5, 5.41) is 0.564. The van der Waals surface area contributed by atoms with E-state index in [2.05, 4.69) is 9.97 Å². The van der Waals surface area contributed by atoms with Gasteiger partial charge in [0.25, 0.3) is 0 Å². The summed E-state index contributed by atoms with van der Waals surface area (Å²) in [6.45, 7) is 0. The lowest BCUT2D eigenvalue weighted by Gasteiger charge is -2.23. The fourth-order valence-corrected chi connectivity index (χ4v) is 3.14. The molecule has 1 aromatic heterocycles. The Morgan fingerprint density at radius 2 is 2.26 bits per heavy atom. The number of ketones is 1. The van der Waals surface area contributed by atoms with E-state index in [0.717, 1.165) is 24.1 Å². The summed E-state index contributed by atoms with van der Waals surface area (Å²) in [6.07, 6.45) is 4.27. The highest BCUT2D eigenvalue weighted by Crippen LogP contribution is 2.32. The Hall–Kier alpha value is -1.39. The van der Waals surface area contributed by atoms with E-state index in [-0.39, 0.29) is 11.7 Å². The van der Waals surface area contributed by atoms with Crippen LogP contribution in [0.1, 0.15) is 28.0 Å². The molecule has 1 heterocycles. The minimum atomic E-state index is -0.0196. The molecule has 98 valence electrons. The van der Waals surface area contributed by atoms with Crippen molar-refractivity contribution < 1.29 is 4.79 Å². The second kappa shape index (κ2) is 4.94. The first-order valence-electron chi connectivity index (χ1n) is 6.23. The van der Waals surface area contributed by atoms with Gasteiger partial charge in [-0.25, -0.2) is 0 Å². The summed E-state index contributed by atoms with van der Waals surface area (Å²) in [6, 6.07) is 5.67. The maximum atomic E-state index is 12.5. The van der Waals surface area contributed by atoms with Crippen LogP contribution in [0.25, 0.3) is 0 Å². The van der Waals surface area contributed by atoms with Crippen LogP contribution in [-0.2, 0) is 12.8 Å². The van der Waals surface area contributed by atoms with Gasteiger partial charge >= 0.3 is 0 Å². The van der Waals surface area contributed by atoms with Crippen LogP contribution in [0, 0.1) is 10.7 Å². The van der Waals surface area contributed by atoms with Gasteiger partial charge in [0.05, 0.1) is 5.02 Å². The molecule has 19 heavy (non-hydrogen) atoms. The zero-order chi connectivity index (χ0) is 13.4. The molecule has 1 aliphatic rings. The molecule has 1 atom stereocenters. The number of benzene rings is 1. The predicted molar refractivity (Wildman–Crippen MR) is 77.3 cm³/mol. The smallest absolute Gasteiger partial charge is 0.174 e. The van der Waals surface area contributed by atoms with Crippen molar-refractivity contribution in [3.63, 3.8) is 0 Å². The second-order valence-electron chi connectivity index (χ2n) is 4.85. The number of carbonyl (C=O) groups is 1. The first kappa shape index (κ1) is 12.6. The molecule has 0 bridgehead atoms. The van der Waals surface area contributed by atoms with Crippen LogP contribution in [0.4, 0.5) is 0 Å². The van der Waals surface area contributed by atoms with Crippen LogP contribution in [-0.4, -0.2) is 15.8 Å². The van der Waals surface area contributed by atoms with Crippen molar-refractivity contribution in [3.8, 4) is 0 Å². The Kier molecular flexibility index (Phi) is 3.29. The Labute approximate surface area is 121 Å². The molecule has 0 saturated heterocycles. The number of rotatable bonds is 2. The normalized spacial score (nSPS) is 18.4. The summed E-state index contributed by atoms with van der Waals surface area (Å²) in [5.41, 5.74) is 2.74. The molecule has 0 fully saturated rings. The van der Waals surface area contributed by atoms with E-state index in [1.54, 1.807) is 6.07 Å². The third-order valence-corrected chi connectivity index (χ3v) is 4.13. The first-order valence-corrected chi connectivity index (χ1v) is 7.02. The highest BCUT2D eigenvalue weighted by molar-refractivity contribution is 7.71. The van der Waals surface area contributed by atoms with Gasteiger partial charge in [0.2, 0.25) is 0 Å². The number of hydrogen-bond donors (Lipinski definition) is 2. The number of Topliss-reactive ketones (excluding diaryl/α,β-unsaturated/α-hetero) is 1. The summed E-state index contributed by atoms with van der Waals surface area (Å²) in [4.78, 5) is 18.5. The second-order valence-corrected chi connectivity index (χ2v) is 5.66. The molecule has 1 unspecified atom stereocenters. The van der Waals surface area contributed by atoms with E-state index in [0.29, 0.717) is 21.8 Å². The molecule has 1 aliphatic carbocycles. The third kappa shape index (κ3) is 2.38. The third-order valence-electron chi connectivity index (χ3n) is 3.60. The predicted octanol–water partition coefficient (Wildman–Crippen LogP) is 3.71. The van der Waals surface area contributed by atoms with E-state index >= 15 is 0 Å². The number of aryl methyl sites for hydroxylation is 1. The molecule has 2 aromatic rings. The number of aromatic nitrogens is 2. The number of halogens is 1. The zero-order valence-corrected chi connectivity index (χ0v) is 11.8. The summed E-state index contributed by atoms with van der Waals surface area (Å²) < 4.78 is 0.594. The van der Waals surface area contributed by atoms with Crippen LogP contribution in [0.3, 0.4) is 0 Å². The highest BCUT2D eigenvalue weighted by Gasteiger charge is 2.29. The number of fused-ring (bicyclic) bond motifs is 1. The molecule has 2 N–H and O–H groups in total. The minimum absolute atomic E-state index is 0.0196. The van der Waals surface area contributed by atoms with Gasteiger partial charge in [0.1, 0.15) is 0 Å². The molecule has 0 amide bonds. The van der Waals surface area contributed by atoms with E-state index in [1.165, 1.54) is 0 Å². The number of nitrogens with one attached hydrogen (secondary N) is 2. The number of aromatic amines is 2. The summed E-state index contributed by atoms with van der Waals surface area (Å²) in [7, 11) is 0. The molecule has 0 spiro atoms. The Balaban J connectivity index is 1.89. The van der Waals surface area contributed by atoms with Gasteiger partial charge in [-0.1, -0.05) is 23.7 Å². The van der Waals surface area contributed by atoms with Gasteiger partial charge in [0.15, 0.2) is 10.6 Å². The van der Waals surface area contributed by atoms with Crippen LogP contribution in [0.5, 0.6) is 0 Å². The lowest BCUT2D eigenvalue weighted by Crippen LogP contribution is -2.25. The quantitative estimate of drug-likeness (QED) is 0.829. The van der Waals surface area contributed by atoms with Gasteiger partial charge in [-0.3, -0.25) is 4.79 Å². The average Bonchev–Trinajstić information content (AvgIpc) is 2.78. The van der Waals surface area contributed by atoms with Gasteiger partial charge in [-0.15, -0.1) is 0 Å². The number of imidazole rings is 1. The minimum Gasteiger partial charge on any atom is -0.337 e. The standard InChI is InChI=1S/C14H13ClN2OS/c15-11-3-1-2-8-4-5-9(13(18)12(8)11)6-10-7-16-14(19)17-10/h1-3,7,9H,4-6H2,(H2,16,17,19). The summed E-state index contributed by atoms with van der Waals surface area (Å²) in [5.74, 6) is 0.126. The number of hydrogen-bond acceptors (Lipinski definition) is 2. The molecule has 0 radical (unpaired) electrons. The molecule has 5 heteroatoms. The van der Waals surface area contributed by atoms with Crippen molar-refractivity contribution in [1.29, 1.82) is 0 Å². The fraction of sp³-hybridized carbons (Fsp3) is 0.286. The molecule has 0 aliphatic heterocycles. The molecule has 3 nitrogen and oxygen atoms in total. The first-order chi connectivity index (χ1) is 9.15. The van der Waals surface area contributed by atoms with E-state index in [1.807, 2.05) is 18.3 Å². The average molecular weight is 293 g/mol. The van der Waals surface area contributed by atoms with Gasteiger partial charge in [0, 0.05) is 23.4 Å². The molecular formula is C14H13ClN2OS. The Morgan fingerprint density at radius 1 is 1.42 bits per heavy atom. The van der Waals surface area contributed by atoms with Crippen molar-refractivity contribution in [3.05, 3.63) is 51.0 Å². The van der Waals surface area contributed by atoms with Crippen molar-refractivity contribution in [2.24, 2.45) is 5.92 Å². The van der Waals surface area contributed by atoms with E-state index in [4.69, 9.17) is 23.8 Å². The van der Waals surface area contributed by atoms with Gasteiger partial charge in [-0.05, 0) is 43.1 Å². The van der Waals surface area contributed by atoms with Crippen molar-refractivity contribution in [2.45, 2.75) is 19.3 Å². The maximum Gasteiger partial charge on any atom is 0.174 e. The molecular weight excluding hydrogens is 280 g/mol. The van der Waals surface area contributed by atoms with Gasteiger partial charge in [-0.2, -0.15) is 0 Å². The summed E-state index contributed by atoms with van der Waals surface area (Å²) >= 11 is 11.2. The van der Waals surface area contributed by atoms with Crippen LogP contribution in [0.15, 0.2) is 24.4 Å². The Bertz CT molecular complexity index is 689. The van der Waals surface area contributed by atoms with E-state index < -0.39 is 0 Å². The van der Waals surface area contributed by atoms with E-state index in [9.17, 15) is 4.79 Å². The van der Waals surface area contributed by atoms with Crippen molar-refractivity contribution in [2.75, 3.05) is 0 Å². The lowest BCUT2D eigenvalue weighted by atomic mass is 9.80. The molecule has 0 saturated carbocycles. The van der Waals surface area contributed by atoms with Crippen LogP contribution < -0.4 is 0 Å². The number of carbonyl (C=O) groups excluding carboxylic acids is 1. The van der Waals surface area contributed by atoms with Crippen molar-refractivity contribution >= 4 is 29.6 Å². The molecule has 3 rings (SSSR count). The topological polar surface area (TPSA) is 48.6 Å². The maximum absolute atomic E-state index is 12.5. The fourth-order valence-electron chi connectivity index (χ4n) is 2.66. The van der Waals surface area contributed by atoms with Crippen molar-refractivity contribution in [1.82, 2.24) is 9.97 Å². The van der Waals surface area contributed by atoms with Crippen LogP contribution in [0.2, 0.25) is 5.02 Å². The SMILES string of the molecule is O=C1c2c(Cl)cccc2CCC1Cc1c[nH]c(=S)[nH]1. The van der Waals surface area contributed by atoms with Crippen LogP contribution >= 0.6 is 23.8 Å². The lowest BCUT2D eigenvalue weighted by molar-refractivity contribution is 0.0901. The highest BCUT2D eigenvalue weighted by atomic mass is 35.5. The largest absolute Gasteiger partial charge is 0.337 e. The number of H-pyrrole nitrogens is 2. The molecule has 1 aromatic carbocycles. The Morgan fingerprint density at radius 3 is 3.00 bits per heavy atom. The zero-order valence-electron chi connectivity index (χ0n) is 10.2. The van der Waals surface area contributed by atoms with Gasteiger partial charge < -0.3 is 9.97 Å². The monoisotopic (exact) mass is 292 g/mol.